The second kappa shape index (κ2) is 10.4. The Morgan fingerprint density at radius 2 is 1.89 bits per heavy atom. The number of nitrogens with zero attached hydrogens (tertiary/aromatic N) is 3. The summed E-state index contributed by atoms with van der Waals surface area (Å²) in [6.45, 7) is 6.13. The molecule has 1 fully saturated rings. The lowest BCUT2D eigenvalue weighted by Gasteiger charge is -2.39. The van der Waals surface area contributed by atoms with Crippen molar-refractivity contribution in [2.24, 2.45) is 5.92 Å². The van der Waals surface area contributed by atoms with E-state index in [9.17, 15) is 4.79 Å². The van der Waals surface area contributed by atoms with Crippen molar-refractivity contribution in [1.29, 1.82) is 0 Å². The first-order chi connectivity index (χ1) is 17.8. The Labute approximate surface area is 217 Å². The van der Waals surface area contributed by atoms with Crippen LogP contribution in [0, 0.1) is 5.92 Å². The molecular weight excluding hydrogens is 472 g/mol. The maximum absolute atomic E-state index is 13.4. The zero-order chi connectivity index (χ0) is 26.0. The van der Waals surface area contributed by atoms with Gasteiger partial charge in [0.15, 0.2) is 0 Å². The summed E-state index contributed by atoms with van der Waals surface area (Å²) >= 11 is 0. The van der Waals surface area contributed by atoms with Gasteiger partial charge in [-0.3, -0.25) is 9.69 Å². The summed E-state index contributed by atoms with van der Waals surface area (Å²) < 4.78 is 22.3. The molecule has 1 aromatic heterocycles. The summed E-state index contributed by atoms with van der Waals surface area (Å²) in [4.78, 5) is 20.2. The predicted molar refractivity (Wildman–Crippen MR) is 137 cm³/mol. The third kappa shape index (κ3) is 5.72. The maximum Gasteiger partial charge on any atom is 0.241 e. The quantitative estimate of drug-likeness (QED) is 0.504. The molecule has 2 atom stereocenters. The first-order valence-electron chi connectivity index (χ1n) is 12.7. The molecule has 3 heterocycles. The minimum Gasteiger partial charge on any atom is -0.497 e. The van der Waals surface area contributed by atoms with Crippen LogP contribution in [-0.4, -0.2) is 53.9 Å². The summed E-state index contributed by atoms with van der Waals surface area (Å²) in [5.74, 6) is 3.32. The molecule has 2 aliphatic heterocycles. The number of hydrogen-bond donors (Lipinski definition) is 1. The molecule has 1 saturated heterocycles. The molecule has 0 aliphatic carbocycles. The number of rotatable bonds is 7. The average molecular weight is 507 g/mol. The third-order valence-electron chi connectivity index (χ3n) is 7.05. The number of aromatic nitrogens is 2. The summed E-state index contributed by atoms with van der Waals surface area (Å²) in [6, 6.07) is 13.2. The van der Waals surface area contributed by atoms with Gasteiger partial charge in [-0.25, -0.2) is 0 Å². The summed E-state index contributed by atoms with van der Waals surface area (Å²) in [5.41, 5.74) is 1.46. The lowest BCUT2D eigenvalue weighted by molar-refractivity contribution is -0.128. The fourth-order valence-corrected chi connectivity index (χ4v) is 5.16. The highest BCUT2D eigenvalue weighted by atomic mass is 16.5. The second-order valence-electron chi connectivity index (χ2n) is 10.3. The number of amides is 1. The standard InChI is InChI=1S/C28H34N4O5/c1-28(2)15-23(22-12-11-21(35-4)14-24(22)36-28)29-27(33)19-6-5-13-32(16-19)17-25-30-26(31-37-25)18-7-9-20(34-3)10-8-18/h7-12,14,19,23H,5-6,13,15-17H2,1-4H3,(H,29,33). The molecule has 9 nitrogen and oxygen atoms in total. The first-order valence-corrected chi connectivity index (χ1v) is 12.7. The van der Waals surface area contributed by atoms with Gasteiger partial charge in [-0.2, -0.15) is 4.98 Å². The number of likely N-dealkylation sites (tertiary alicyclic amines) is 1. The summed E-state index contributed by atoms with van der Waals surface area (Å²) in [5, 5.41) is 7.44. The molecule has 196 valence electrons. The van der Waals surface area contributed by atoms with Crippen molar-refractivity contribution in [2.75, 3.05) is 27.3 Å². The monoisotopic (exact) mass is 506 g/mol. The molecule has 0 spiro atoms. The molecule has 2 aromatic carbocycles. The van der Waals surface area contributed by atoms with Crippen LogP contribution in [0.15, 0.2) is 47.0 Å². The zero-order valence-corrected chi connectivity index (χ0v) is 21.8. The molecule has 0 bridgehead atoms. The molecule has 37 heavy (non-hydrogen) atoms. The van der Waals surface area contributed by atoms with E-state index in [0.717, 1.165) is 47.8 Å². The van der Waals surface area contributed by atoms with Crippen LogP contribution in [0.5, 0.6) is 17.2 Å². The van der Waals surface area contributed by atoms with Gasteiger partial charge < -0.3 is 24.1 Å². The zero-order valence-electron chi connectivity index (χ0n) is 21.8. The smallest absolute Gasteiger partial charge is 0.241 e. The minimum absolute atomic E-state index is 0.0682. The second-order valence-corrected chi connectivity index (χ2v) is 10.3. The highest BCUT2D eigenvalue weighted by molar-refractivity contribution is 5.79. The molecule has 2 aliphatic rings. The Balaban J connectivity index is 1.22. The van der Waals surface area contributed by atoms with Crippen molar-refractivity contribution >= 4 is 5.91 Å². The highest BCUT2D eigenvalue weighted by Gasteiger charge is 2.36. The van der Waals surface area contributed by atoms with Gasteiger partial charge in [0.25, 0.3) is 0 Å². The van der Waals surface area contributed by atoms with Crippen LogP contribution in [0.1, 0.15) is 50.6 Å². The molecular formula is C28H34N4O5. The minimum atomic E-state index is -0.393. The largest absolute Gasteiger partial charge is 0.497 e. The van der Waals surface area contributed by atoms with Crippen LogP contribution in [0.3, 0.4) is 0 Å². The normalized spacial score (nSPS) is 21.0. The van der Waals surface area contributed by atoms with E-state index in [1.165, 1.54) is 0 Å². The molecule has 2 unspecified atom stereocenters. The molecule has 0 saturated carbocycles. The Hall–Kier alpha value is -3.59. The molecule has 1 amide bonds. The van der Waals surface area contributed by atoms with Gasteiger partial charge in [-0.05, 0) is 69.6 Å². The van der Waals surface area contributed by atoms with Crippen molar-refractivity contribution in [3.63, 3.8) is 0 Å². The number of methoxy groups -OCH3 is 2. The number of hydrogen-bond acceptors (Lipinski definition) is 8. The average Bonchev–Trinajstić information content (AvgIpc) is 3.36. The van der Waals surface area contributed by atoms with Gasteiger partial charge in [0.1, 0.15) is 22.8 Å². The Bertz CT molecular complexity index is 1240. The number of benzene rings is 2. The number of nitrogens with one attached hydrogen (secondary N) is 1. The molecule has 9 heteroatoms. The van der Waals surface area contributed by atoms with Gasteiger partial charge in [0.2, 0.25) is 17.6 Å². The SMILES string of the molecule is COc1ccc(-c2noc(CN3CCCC(C(=O)NC4CC(C)(C)Oc5cc(OC)ccc54)C3)n2)cc1. The Kier molecular flexibility index (Phi) is 7.06. The maximum atomic E-state index is 13.4. The van der Waals surface area contributed by atoms with Crippen LogP contribution in [0.4, 0.5) is 0 Å². The van der Waals surface area contributed by atoms with Crippen LogP contribution < -0.4 is 19.5 Å². The van der Waals surface area contributed by atoms with E-state index in [4.69, 9.17) is 18.7 Å². The van der Waals surface area contributed by atoms with E-state index in [1.54, 1.807) is 14.2 Å². The van der Waals surface area contributed by atoms with Crippen molar-refractivity contribution < 1.29 is 23.5 Å². The molecule has 5 rings (SSSR count). The lowest BCUT2D eigenvalue weighted by atomic mass is 9.88. The number of carbonyl (C=O) groups is 1. The third-order valence-corrected chi connectivity index (χ3v) is 7.05. The summed E-state index contributed by atoms with van der Waals surface area (Å²) in [7, 11) is 3.27. The van der Waals surface area contributed by atoms with E-state index in [0.29, 0.717) is 31.2 Å². The molecule has 1 N–H and O–H groups in total. The van der Waals surface area contributed by atoms with Crippen LogP contribution in [0.25, 0.3) is 11.4 Å². The number of ether oxygens (including phenoxy) is 3. The Morgan fingerprint density at radius 1 is 1.14 bits per heavy atom. The lowest BCUT2D eigenvalue weighted by Crippen LogP contribution is -2.46. The van der Waals surface area contributed by atoms with Gasteiger partial charge in [-0.1, -0.05) is 5.16 Å². The van der Waals surface area contributed by atoms with Gasteiger partial charge in [0, 0.05) is 30.2 Å². The fourth-order valence-electron chi connectivity index (χ4n) is 5.16. The summed E-state index contributed by atoms with van der Waals surface area (Å²) in [6.07, 6.45) is 2.49. The van der Waals surface area contributed by atoms with Crippen molar-refractivity contribution in [3.05, 3.63) is 53.9 Å². The van der Waals surface area contributed by atoms with E-state index in [1.807, 2.05) is 56.3 Å². The van der Waals surface area contributed by atoms with E-state index >= 15 is 0 Å². The first kappa shape index (κ1) is 25.1. The molecule has 0 radical (unpaired) electrons. The predicted octanol–water partition coefficient (Wildman–Crippen LogP) is 4.38. The van der Waals surface area contributed by atoms with Gasteiger partial charge in [0.05, 0.1) is 32.7 Å². The Morgan fingerprint density at radius 3 is 2.65 bits per heavy atom. The van der Waals surface area contributed by atoms with Crippen LogP contribution in [-0.2, 0) is 11.3 Å². The molecule has 3 aromatic rings. The highest BCUT2D eigenvalue weighted by Crippen LogP contribution is 2.41. The topological polar surface area (TPSA) is 99.0 Å². The van der Waals surface area contributed by atoms with E-state index < -0.39 is 5.60 Å². The number of piperidine rings is 1. The fraction of sp³-hybridized carbons (Fsp3) is 0.464. The van der Waals surface area contributed by atoms with Gasteiger partial charge >= 0.3 is 0 Å². The van der Waals surface area contributed by atoms with Gasteiger partial charge in [-0.15, -0.1) is 0 Å². The van der Waals surface area contributed by atoms with E-state index in [-0.39, 0.29) is 17.9 Å². The van der Waals surface area contributed by atoms with Crippen molar-refractivity contribution in [2.45, 2.75) is 51.3 Å². The van der Waals surface area contributed by atoms with Crippen LogP contribution >= 0.6 is 0 Å². The van der Waals surface area contributed by atoms with Crippen molar-refractivity contribution in [3.8, 4) is 28.6 Å². The number of fused-ring (bicyclic) bond motifs is 1. The van der Waals surface area contributed by atoms with Crippen LogP contribution in [0.2, 0.25) is 0 Å². The number of carbonyl (C=O) groups excluding carboxylic acids is 1. The van der Waals surface area contributed by atoms with Crippen molar-refractivity contribution in [1.82, 2.24) is 20.4 Å². The van der Waals surface area contributed by atoms with E-state index in [2.05, 4.69) is 20.4 Å².